The number of amidine groups is 1. The van der Waals surface area contributed by atoms with Crippen LogP contribution in [0.4, 0.5) is 0 Å². The Hall–Kier alpha value is -1.90. The van der Waals surface area contributed by atoms with Gasteiger partial charge in [0.25, 0.3) is 0 Å². The van der Waals surface area contributed by atoms with Gasteiger partial charge in [0.2, 0.25) is 0 Å². The highest BCUT2D eigenvalue weighted by Crippen LogP contribution is 2.00. The molecule has 128 valence electrons. The largest absolute Gasteiger partial charge is 0.462 e. The first-order chi connectivity index (χ1) is 10.4. The van der Waals surface area contributed by atoms with Crippen LogP contribution >= 0.6 is 0 Å². The molecule has 1 unspecified atom stereocenters. The molecule has 1 rings (SSSR count). The van der Waals surface area contributed by atoms with Crippen LogP contribution in [0, 0.1) is 0 Å². The van der Waals surface area contributed by atoms with E-state index in [0.29, 0.717) is 0 Å². The summed E-state index contributed by atoms with van der Waals surface area (Å²) in [7, 11) is 3.67. The van der Waals surface area contributed by atoms with Gasteiger partial charge in [-0.2, -0.15) is 0 Å². The van der Waals surface area contributed by atoms with Crippen LogP contribution in [0.1, 0.15) is 20.8 Å². The van der Waals surface area contributed by atoms with Crippen LogP contribution in [-0.2, 0) is 14.4 Å². The van der Waals surface area contributed by atoms with Crippen molar-refractivity contribution < 1.29 is 19.7 Å². The summed E-state index contributed by atoms with van der Waals surface area (Å²) < 4.78 is 4.49. The number of nitrogens with zero attached hydrogens (tertiary/aromatic N) is 2. The second-order valence-corrected chi connectivity index (χ2v) is 3.91. The minimum Gasteiger partial charge on any atom is -0.462 e. The first-order valence-corrected chi connectivity index (χ1v) is 6.94. The second kappa shape index (κ2) is 14.1. The maximum Gasteiger partial charge on any atom is 0.319 e. The molecule has 0 saturated carbocycles. The predicted octanol–water partition coefficient (Wildman–Crippen LogP) is 0.927. The Morgan fingerprint density at radius 3 is 2.59 bits per heavy atom. The number of rotatable bonds is 4. The van der Waals surface area contributed by atoms with Gasteiger partial charge >= 0.3 is 5.97 Å². The summed E-state index contributed by atoms with van der Waals surface area (Å²) in [6.45, 7) is 9.20. The molecular formula is C14H28N4O4. The molecule has 1 heterocycles. The van der Waals surface area contributed by atoms with E-state index in [1.54, 1.807) is 14.0 Å². The molecule has 1 atom stereocenters. The first-order valence-electron chi connectivity index (χ1n) is 6.94. The maximum atomic E-state index is 10.3. The monoisotopic (exact) mass is 316 g/mol. The molecule has 0 aliphatic carbocycles. The van der Waals surface area contributed by atoms with Crippen molar-refractivity contribution in [1.82, 2.24) is 10.2 Å². The van der Waals surface area contributed by atoms with Gasteiger partial charge in [0, 0.05) is 20.3 Å². The van der Waals surface area contributed by atoms with Crippen LogP contribution < -0.4 is 11.1 Å². The van der Waals surface area contributed by atoms with Gasteiger partial charge in [0.05, 0.1) is 6.54 Å². The van der Waals surface area contributed by atoms with Crippen LogP contribution in [0.5, 0.6) is 0 Å². The molecule has 1 aliphatic rings. The van der Waals surface area contributed by atoms with Crippen molar-refractivity contribution in [2.45, 2.75) is 26.9 Å². The van der Waals surface area contributed by atoms with E-state index >= 15 is 0 Å². The molecule has 8 heteroatoms. The van der Waals surface area contributed by atoms with E-state index in [9.17, 15) is 4.79 Å². The van der Waals surface area contributed by atoms with Crippen LogP contribution in [-0.4, -0.2) is 55.3 Å². The summed E-state index contributed by atoms with van der Waals surface area (Å²) in [6.07, 6.45) is 3.31. The normalized spacial score (nSPS) is 15.9. The molecule has 1 aliphatic heterocycles. The van der Waals surface area contributed by atoms with Crippen molar-refractivity contribution in [3.63, 3.8) is 0 Å². The van der Waals surface area contributed by atoms with Gasteiger partial charge in [-0.3, -0.25) is 15.0 Å². The third kappa shape index (κ3) is 10.8. The highest BCUT2D eigenvalue weighted by molar-refractivity contribution is 5.94. The van der Waals surface area contributed by atoms with E-state index in [1.165, 1.54) is 0 Å². The highest BCUT2D eigenvalue weighted by atomic mass is 17.1. The lowest BCUT2D eigenvalue weighted by molar-refractivity contribution is -0.280. The van der Waals surface area contributed by atoms with Crippen molar-refractivity contribution in [2.24, 2.45) is 10.7 Å². The van der Waals surface area contributed by atoms with Crippen molar-refractivity contribution >= 4 is 11.8 Å². The summed E-state index contributed by atoms with van der Waals surface area (Å²) in [5, 5.41) is 11.0. The highest BCUT2D eigenvalue weighted by Gasteiger charge is 2.05. The van der Waals surface area contributed by atoms with Gasteiger partial charge in [0.1, 0.15) is 24.4 Å². The number of hydrogen-bond donors (Lipinski definition) is 3. The Morgan fingerprint density at radius 2 is 2.18 bits per heavy atom. The molecule has 0 amide bonds. The summed E-state index contributed by atoms with van der Waals surface area (Å²) in [4.78, 5) is 20.0. The average Bonchev–Trinajstić information content (AvgIpc) is 2.57. The van der Waals surface area contributed by atoms with Crippen LogP contribution in [0.15, 0.2) is 29.7 Å². The molecular weight excluding hydrogens is 288 g/mol. The quantitative estimate of drug-likeness (QED) is 0.402. The molecule has 0 spiro atoms. The molecule has 0 aromatic carbocycles. The second-order valence-electron chi connectivity index (χ2n) is 3.91. The molecule has 4 N–H and O–H groups in total. The zero-order chi connectivity index (χ0) is 17.5. The van der Waals surface area contributed by atoms with Gasteiger partial charge < -0.3 is 20.7 Å². The standard InChI is InChI=1S/C7H11N3.C5H11NO4.C2H6/c1-6-9-7(8-2)4-5-10(6)3;1-4(10-8)3-9-5(7)2-6;1-2/h4-5H,1H2,2-3H3,(H,8,9);4,8H,2-3,6H2,1H3;1-2H3. The van der Waals surface area contributed by atoms with Crippen LogP contribution in [0.3, 0.4) is 0 Å². The zero-order valence-electron chi connectivity index (χ0n) is 14.0. The average molecular weight is 316 g/mol. The fourth-order valence-corrected chi connectivity index (χ4v) is 0.980. The Kier molecular flexibility index (Phi) is 14.3. The Labute approximate surface area is 132 Å². The molecule has 8 nitrogen and oxygen atoms in total. The van der Waals surface area contributed by atoms with Gasteiger partial charge in [-0.25, -0.2) is 4.89 Å². The third-order valence-corrected chi connectivity index (χ3v) is 2.22. The van der Waals surface area contributed by atoms with Crippen molar-refractivity contribution in [3.05, 3.63) is 24.7 Å². The Morgan fingerprint density at radius 1 is 1.59 bits per heavy atom. The molecule has 0 aromatic heterocycles. The van der Waals surface area contributed by atoms with Crippen LogP contribution in [0.2, 0.25) is 0 Å². The molecule has 0 radical (unpaired) electrons. The first kappa shape index (κ1) is 22.4. The summed E-state index contributed by atoms with van der Waals surface area (Å²) >= 11 is 0. The van der Waals surface area contributed by atoms with E-state index in [4.69, 9.17) is 11.0 Å². The minimum atomic E-state index is -0.510. The zero-order valence-corrected chi connectivity index (χ0v) is 14.0. The molecule has 0 aromatic rings. The third-order valence-electron chi connectivity index (χ3n) is 2.22. The number of carbonyl (C=O) groups is 1. The fourth-order valence-electron chi connectivity index (χ4n) is 0.980. The number of esters is 1. The lowest BCUT2D eigenvalue weighted by atomic mass is 10.4. The van der Waals surface area contributed by atoms with E-state index in [1.807, 2.05) is 38.1 Å². The number of hydrogen-bond acceptors (Lipinski definition) is 7. The van der Waals surface area contributed by atoms with Crippen molar-refractivity contribution in [2.75, 3.05) is 27.2 Å². The number of carbonyl (C=O) groups excluding carboxylic acids is 1. The maximum absolute atomic E-state index is 10.3. The number of ether oxygens (including phenoxy) is 1. The summed E-state index contributed by atoms with van der Waals surface area (Å²) in [6, 6.07) is 0. The Balaban J connectivity index is 0. The minimum absolute atomic E-state index is 0.0204. The lowest BCUT2D eigenvalue weighted by Gasteiger charge is -2.22. The lowest BCUT2D eigenvalue weighted by Crippen LogP contribution is -2.32. The van der Waals surface area contributed by atoms with Crippen LogP contribution in [0.25, 0.3) is 0 Å². The van der Waals surface area contributed by atoms with E-state index in [2.05, 4.69) is 26.5 Å². The fraction of sp³-hybridized carbons (Fsp3) is 0.571. The molecule has 0 fully saturated rings. The van der Waals surface area contributed by atoms with Gasteiger partial charge in [0.15, 0.2) is 0 Å². The van der Waals surface area contributed by atoms with Gasteiger partial charge in [-0.05, 0) is 13.0 Å². The predicted molar refractivity (Wildman–Crippen MR) is 87.1 cm³/mol. The van der Waals surface area contributed by atoms with Crippen molar-refractivity contribution in [1.29, 1.82) is 0 Å². The molecule has 0 saturated heterocycles. The topological polar surface area (TPSA) is 109 Å². The van der Waals surface area contributed by atoms with Crippen molar-refractivity contribution in [3.8, 4) is 0 Å². The molecule has 22 heavy (non-hydrogen) atoms. The van der Waals surface area contributed by atoms with Gasteiger partial charge in [-0.1, -0.05) is 20.4 Å². The summed E-state index contributed by atoms with van der Waals surface area (Å²) in [5.74, 6) is 1.19. The van der Waals surface area contributed by atoms with E-state index in [0.717, 1.165) is 11.7 Å². The van der Waals surface area contributed by atoms with E-state index < -0.39 is 12.1 Å². The SMILES string of the molecule is C=C1NC(=NC)C=CN1C.CC.CC(COC(=O)CN)OO. The number of aliphatic imine (C=N–C) groups is 1. The Bertz CT molecular complexity index is 383. The number of nitrogens with two attached hydrogens (primary N) is 1. The summed E-state index contributed by atoms with van der Waals surface area (Å²) in [5.41, 5.74) is 4.92. The smallest absolute Gasteiger partial charge is 0.319 e. The van der Waals surface area contributed by atoms with E-state index in [-0.39, 0.29) is 13.2 Å². The van der Waals surface area contributed by atoms with Gasteiger partial charge in [-0.15, -0.1) is 0 Å². The number of nitrogens with one attached hydrogen (secondary N) is 1. The molecule has 0 bridgehead atoms.